The highest BCUT2D eigenvalue weighted by molar-refractivity contribution is 6.68. The van der Waals surface area contributed by atoms with Crippen molar-refractivity contribution in [2.75, 3.05) is 7.11 Å². The summed E-state index contributed by atoms with van der Waals surface area (Å²) >= 11 is 0. The Kier molecular flexibility index (Phi) is 6.09. The van der Waals surface area contributed by atoms with Crippen LogP contribution in [0.3, 0.4) is 0 Å². The average Bonchev–Trinajstić information content (AvgIpc) is 2.93. The average molecular weight is 432 g/mol. The van der Waals surface area contributed by atoms with E-state index in [2.05, 4.69) is 80.6 Å². The molecule has 0 radical (unpaired) electrons. The largest absolute Gasteiger partial charge is 0.497 e. The molecule has 5 nitrogen and oxygen atoms in total. The first kappa shape index (κ1) is 23.9. The predicted molar refractivity (Wildman–Crippen MR) is 127 cm³/mol. The minimum atomic E-state index is -0.959. The highest BCUT2D eigenvalue weighted by Gasteiger charge is 2.55. The topological polar surface area (TPSA) is 46.2 Å². The number of hydrogen-bond donors (Lipinski definition) is 0. The molecule has 30 heavy (non-hydrogen) atoms. The van der Waals surface area contributed by atoms with Crippen LogP contribution in [0, 0.1) is 0 Å². The molecule has 0 unspecified atom stereocenters. The van der Waals surface area contributed by atoms with Gasteiger partial charge >= 0.3 is 14.2 Å². The number of methoxy groups -OCH3 is 1. The Balaban J connectivity index is 2.13. The van der Waals surface area contributed by atoms with E-state index in [-0.39, 0.29) is 0 Å². The summed E-state index contributed by atoms with van der Waals surface area (Å²) in [5.41, 5.74) is 1.65. The van der Waals surface area contributed by atoms with Gasteiger partial charge in [-0.2, -0.15) is 0 Å². The standard InChI is InChI=1S/C22H38B2O5Si/c1-19(2)20(3,4)27-23(26-19)17-12-15(25-9)13-18(16(17)14-30(10)11)24-28-21(5,6)22(7,8)29-24/h12-13,30H,14H2,1-11H3. The van der Waals surface area contributed by atoms with Crippen molar-refractivity contribution >= 4 is 34.0 Å². The second-order valence-electron chi connectivity index (χ2n) is 11.1. The summed E-state index contributed by atoms with van der Waals surface area (Å²) in [7, 11) is -0.170. The molecule has 8 heteroatoms. The van der Waals surface area contributed by atoms with Gasteiger partial charge in [0, 0.05) is 8.80 Å². The van der Waals surface area contributed by atoms with Crippen LogP contribution in [-0.4, -0.2) is 52.5 Å². The zero-order valence-electron chi connectivity index (χ0n) is 20.6. The molecule has 0 amide bonds. The first-order chi connectivity index (χ1) is 13.6. The summed E-state index contributed by atoms with van der Waals surface area (Å²) in [6.07, 6.45) is 0. The Morgan fingerprint density at radius 1 is 0.733 bits per heavy atom. The quantitative estimate of drug-likeness (QED) is 0.670. The van der Waals surface area contributed by atoms with Gasteiger partial charge in [-0.25, -0.2) is 0 Å². The summed E-state index contributed by atoms with van der Waals surface area (Å²) in [4.78, 5) is 0. The van der Waals surface area contributed by atoms with Gasteiger partial charge in [0.05, 0.1) is 29.5 Å². The molecule has 2 fully saturated rings. The lowest BCUT2D eigenvalue weighted by Gasteiger charge is -2.32. The molecule has 0 aromatic heterocycles. The maximum atomic E-state index is 6.43. The van der Waals surface area contributed by atoms with Crippen molar-refractivity contribution < 1.29 is 23.4 Å². The van der Waals surface area contributed by atoms with Crippen molar-refractivity contribution in [1.82, 2.24) is 0 Å². The van der Waals surface area contributed by atoms with Crippen LogP contribution in [0.15, 0.2) is 12.1 Å². The first-order valence-corrected chi connectivity index (χ1v) is 14.1. The van der Waals surface area contributed by atoms with Crippen molar-refractivity contribution in [3.05, 3.63) is 17.7 Å². The van der Waals surface area contributed by atoms with Crippen LogP contribution in [0.25, 0.3) is 0 Å². The molecule has 1 aromatic rings. The molecular formula is C22H38B2O5Si. The van der Waals surface area contributed by atoms with Gasteiger partial charge < -0.3 is 23.4 Å². The highest BCUT2D eigenvalue weighted by Crippen LogP contribution is 2.38. The predicted octanol–water partition coefficient (Wildman–Crippen LogP) is 2.86. The van der Waals surface area contributed by atoms with Crippen molar-refractivity contribution in [3.63, 3.8) is 0 Å². The molecule has 0 bridgehead atoms. The van der Waals surface area contributed by atoms with Crippen molar-refractivity contribution in [2.24, 2.45) is 0 Å². The fourth-order valence-electron chi connectivity index (χ4n) is 3.81. The Hall–Kier alpha value is -0.793. The molecule has 166 valence electrons. The van der Waals surface area contributed by atoms with E-state index in [0.717, 1.165) is 22.7 Å². The SMILES string of the molecule is COc1cc(B2OC(C)(C)C(C)(C)O2)c(C[SiH](C)C)c(B2OC(C)(C)C(C)(C)O2)c1. The normalized spacial score (nSPS) is 24.0. The Bertz CT molecular complexity index is 718. The molecule has 0 atom stereocenters. The fraction of sp³-hybridized carbons (Fsp3) is 0.727. The molecule has 1 aromatic carbocycles. The van der Waals surface area contributed by atoms with Crippen LogP contribution in [0.2, 0.25) is 13.1 Å². The summed E-state index contributed by atoms with van der Waals surface area (Å²) in [5, 5.41) is 0. The lowest BCUT2D eigenvalue weighted by molar-refractivity contribution is 0.00578. The Morgan fingerprint density at radius 3 is 1.33 bits per heavy atom. The molecule has 2 aliphatic rings. The molecule has 2 aliphatic heterocycles. The lowest BCUT2D eigenvalue weighted by Crippen LogP contribution is -2.46. The second-order valence-corrected chi connectivity index (χ2v) is 14.3. The van der Waals surface area contributed by atoms with Crippen molar-refractivity contribution in [3.8, 4) is 5.75 Å². The minimum Gasteiger partial charge on any atom is -0.497 e. The molecule has 0 N–H and O–H groups in total. The van der Waals surface area contributed by atoms with Gasteiger partial charge in [0.2, 0.25) is 0 Å². The third-order valence-electron chi connectivity index (χ3n) is 7.15. The minimum absolute atomic E-state index is 0.405. The molecule has 2 saturated heterocycles. The van der Waals surface area contributed by atoms with E-state index >= 15 is 0 Å². The number of ether oxygens (including phenoxy) is 1. The molecule has 2 heterocycles. The van der Waals surface area contributed by atoms with E-state index in [1.165, 1.54) is 5.56 Å². The maximum Gasteiger partial charge on any atom is 0.495 e. The van der Waals surface area contributed by atoms with Crippen LogP contribution < -0.4 is 15.7 Å². The van der Waals surface area contributed by atoms with Crippen LogP contribution in [-0.2, 0) is 24.7 Å². The molecular weight excluding hydrogens is 394 g/mol. The zero-order valence-corrected chi connectivity index (χ0v) is 21.8. The third kappa shape index (κ3) is 4.14. The third-order valence-corrected chi connectivity index (χ3v) is 8.38. The highest BCUT2D eigenvalue weighted by atomic mass is 28.3. The number of rotatable bonds is 5. The van der Waals surface area contributed by atoms with Gasteiger partial charge in [0.25, 0.3) is 0 Å². The van der Waals surface area contributed by atoms with Crippen LogP contribution in [0.1, 0.15) is 61.0 Å². The fourth-order valence-corrected chi connectivity index (χ4v) is 5.10. The van der Waals surface area contributed by atoms with Gasteiger partial charge in [0.15, 0.2) is 0 Å². The zero-order chi connectivity index (χ0) is 22.7. The Labute approximate surface area is 185 Å². The van der Waals surface area contributed by atoms with Crippen molar-refractivity contribution in [2.45, 2.75) is 96.9 Å². The van der Waals surface area contributed by atoms with Gasteiger partial charge in [0.1, 0.15) is 5.75 Å². The molecule has 0 spiro atoms. The van der Waals surface area contributed by atoms with Gasteiger partial charge in [-0.15, -0.1) is 0 Å². The number of hydrogen-bond acceptors (Lipinski definition) is 5. The monoisotopic (exact) mass is 432 g/mol. The number of benzene rings is 1. The van der Waals surface area contributed by atoms with E-state index < -0.39 is 45.4 Å². The molecule has 0 aliphatic carbocycles. The lowest BCUT2D eigenvalue weighted by atomic mass is 9.67. The van der Waals surface area contributed by atoms with E-state index in [0.29, 0.717) is 0 Å². The van der Waals surface area contributed by atoms with Gasteiger partial charge in [-0.1, -0.05) is 18.7 Å². The summed E-state index contributed by atoms with van der Waals surface area (Å²) in [6, 6.07) is 5.12. The first-order valence-electron chi connectivity index (χ1n) is 11.0. The molecule has 0 saturated carbocycles. The molecule has 3 rings (SSSR count). The maximum absolute atomic E-state index is 6.43. The summed E-state index contributed by atoms with van der Waals surface area (Å²) in [5.74, 6) is 0.763. The smallest absolute Gasteiger partial charge is 0.495 e. The van der Waals surface area contributed by atoms with Crippen LogP contribution in [0.4, 0.5) is 0 Å². The van der Waals surface area contributed by atoms with E-state index in [9.17, 15) is 0 Å². The van der Waals surface area contributed by atoms with E-state index in [1.807, 2.05) is 0 Å². The summed E-state index contributed by atoms with van der Waals surface area (Å²) < 4.78 is 31.4. The Morgan fingerprint density at radius 2 is 1.07 bits per heavy atom. The van der Waals surface area contributed by atoms with Crippen LogP contribution >= 0.6 is 0 Å². The van der Waals surface area contributed by atoms with E-state index in [4.69, 9.17) is 23.4 Å². The van der Waals surface area contributed by atoms with E-state index in [1.54, 1.807) is 7.11 Å². The van der Waals surface area contributed by atoms with Gasteiger partial charge in [-0.3, -0.25) is 0 Å². The van der Waals surface area contributed by atoms with Gasteiger partial charge in [-0.05, 0) is 84.5 Å². The summed E-state index contributed by atoms with van der Waals surface area (Å²) in [6.45, 7) is 21.4. The second kappa shape index (κ2) is 7.66. The van der Waals surface area contributed by atoms with Crippen molar-refractivity contribution in [1.29, 1.82) is 0 Å². The van der Waals surface area contributed by atoms with Crippen LogP contribution in [0.5, 0.6) is 5.75 Å².